The topological polar surface area (TPSA) is 29.0 Å². The molecule has 7 aromatic carbocycles. The van der Waals surface area contributed by atoms with Crippen molar-refractivity contribution < 1.29 is 0 Å². The molecule has 1 heterocycles. The maximum absolute atomic E-state index is 4.51. The number of nitrogens with zero attached hydrogens (tertiary/aromatic N) is 3. The number of rotatable bonds is 4. The highest BCUT2D eigenvalue weighted by atomic mass is 15.1. The minimum absolute atomic E-state index is 0.0148. The summed E-state index contributed by atoms with van der Waals surface area (Å²) in [5, 5.41) is 0. The van der Waals surface area contributed by atoms with E-state index in [1.807, 2.05) is 19.3 Å². The zero-order valence-corrected chi connectivity index (χ0v) is 37.4. The van der Waals surface area contributed by atoms with Crippen molar-refractivity contribution >= 4 is 17.1 Å². The third-order valence-corrected chi connectivity index (χ3v) is 14.2. The van der Waals surface area contributed by atoms with E-state index in [-0.39, 0.29) is 16.2 Å². The molecule has 0 amide bonds. The highest BCUT2D eigenvalue weighted by Gasteiger charge is 2.52. The first kappa shape index (κ1) is 38.3. The lowest BCUT2D eigenvalue weighted by Crippen LogP contribution is -2.27. The van der Waals surface area contributed by atoms with E-state index in [9.17, 15) is 0 Å². The molecule has 0 saturated carbocycles. The van der Waals surface area contributed by atoms with Crippen molar-refractivity contribution in [1.82, 2.24) is 9.97 Å². The van der Waals surface area contributed by atoms with Crippen molar-refractivity contribution in [1.29, 1.82) is 0 Å². The van der Waals surface area contributed by atoms with E-state index < -0.39 is 5.41 Å². The van der Waals surface area contributed by atoms with Gasteiger partial charge in [0, 0.05) is 40.4 Å². The Balaban J connectivity index is 1.17. The average Bonchev–Trinajstić information content (AvgIpc) is 3.81. The fourth-order valence-electron chi connectivity index (χ4n) is 10.9. The Morgan fingerprint density at radius 3 is 1.37 bits per heavy atom. The molecule has 0 fully saturated rings. The Hall–Kier alpha value is -6.58. The predicted molar refractivity (Wildman–Crippen MR) is 258 cm³/mol. The van der Waals surface area contributed by atoms with Crippen LogP contribution in [0.15, 0.2) is 158 Å². The van der Waals surface area contributed by atoms with Gasteiger partial charge in [-0.3, -0.25) is 0 Å². The lowest BCUT2D eigenvalue weighted by atomic mass is 9.68. The van der Waals surface area contributed by atoms with Crippen LogP contribution in [0.5, 0.6) is 0 Å². The number of anilines is 3. The van der Waals surface area contributed by atoms with Gasteiger partial charge in [-0.05, 0) is 138 Å². The second-order valence-corrected chi connectivity index (χ2v) is 20.3. The summed E-state index contributed by atoms with van der Waals surface area (Å²) in [5.41, 5.74) is 23.6. The van der Waals surface area contributed by atoms with Crippen LogP contribution >= 0.6 is 0 Å². The Morgan fingerprint density at radius 1 is 0.403 bits per heavy atom. The van der Waals surface area contributed by atoms with E-state index >= 15 is 0 Å². The molecule has 0 radical (unpaired) electrons. The van der Waals surface area contributed by atoms with Gasteiger partial charge in [-0.15, -0.1) is 0 Å². The molecule has 8 aromatic rings. The van der Waals surface area contributed by atoms with Crippen LogP contribution in [0.25, 0.3) is 44.5 Å². The van der Waals surface area contributed by atoms with Gasteiger partial charge in [0.1, 0.15) is 5.82 Å². The lowest BCUT2D eigenvalue weighted by Gasteiger charge is -2.34. The van der Waals surface area contributed by atoms with E-state index in [4.69, 9.17) is 0 Å². The first-order chi connectivity index (χ1) is 29.7. The second kappa shape index (κ2) is 13.2. The zero-order chi connectivity index (χ0) is 42.9. The maximum atomic E-state index is 4.51. The number of hydrogen-bond acceptors (Lipinski definition) is 3. The van der Waals surface area contributed by atoms with Gasteiger partial charge in [0.15, 0.2) is 0 Å². The third-order valence-electron chi connectivity index (χ3n) is 14.2. The van der Waals surface area contributed by atoms with Gasteiger partial charge in [-0.25, -0.2) is 9.97 Å². The summed E-state index contributed by atoms with van der Waals surface area (Å²) in [6.45, 7) is 20.7. The van der Waals surface area contributed by atoms with Gasteiger partial charge in [-0.2, -0.15) is 0 Å². The van der Waals surface area contributed by atoms with Crippen molar-refractivity contribution in [2.45, 2.75) is 84.0 Å². The Kier molecular flexibility index (Phi) is 8.17. The molecular weight excluding hydrogens is 751 g/mol. The highest BCUT2D eigenvalue weighted by Crippen LogP contribution is 2.64. The standard InChI is InChI=1S/C59H53N3/c1-36-60-34-38(35-61-36)37-18-22-41(23-19-37)62(42-24-28-46-44-14-10-12-16-50(44)58(8,9)52(46)32-42)43-25-29-49-45-15-11-13-17-51(45)59(55(49)33-43)53-30-39(56(2,3)4)20-26-47(53)48-27-21-40(31-54(48)59)57(5,6)7/h10-35H,1-9H3. The van der Waals surface area contributed by atoms with Crippen LogP contribution in [0.1, 0.15) is 106 Å². The van der Waals surface area contributed by atoms with Gasteiger partial charge >= 0.3 is 0 Å². The molecule has 0 atom stereocenters. The van der Waals surface area contributed by atoms with Crippen molar-refractivity contribution in [2.24, 2.45) is 0 Å². The van der Waals surface area contributed by atoms with Crippen LogP contribution in [0.2, 0.25) is 0 Å². The van der Waals surface area contributed by atoms with E-state index in [0.717, 1.165) is 34.0 Å². The van der Waals surface area contributed by atoms with Gasteiger partial charge in [0.2, 0.25) is 0 Å². The largest absolute Gasteiger partial charge is 0.310 e. The highest BCUT2D eigenvalue weighted by molar-refractivity contribution is 5.97. The molecule has 0 N–H and O–H groups in total. The zero-order valence-electron chi connectivity index (χ0n) is 37.4. The summed E-state index contributed by atoms with van der Waals surface area (Å²) in [4.78, 5) is 11.5. The molecule has 1 aromatic heterocycles. The first-order valence-electron chi connectivity index (χ1n) is 22.1. The minimum Gasteiger partial charge on any atom is -0.310 e. The van der Waals surface area contributed by atoms with Gasteiger partial charge in [0.25, 0.3) is 0 Å². The van der Waals surface area contributed by atoms with Crippen molar-refractivity contribution in [3.63, 3.8) is 0 Å². The molecule has 0 unspecified atom stereocenters. The minimum atomic E-state index is -0.502. The van der Waals surface area contributed by atoms with Crippen molar-refractivity contribution in [3.8, 4) is 44.5 Å². The summed E-state index contributed by atoms with van der Waals surface area (Å²) >= 11 is 0. The van der Waals surface area contributed by atoms with Crippen LogP contribution in [0.4, 0.5) is 17.1 Å². The van der Waals surface area contributed by atoms with Gasteiger partial charge in [-0.1, -0.05) is 165 Å². The van der Waals surface area contributed by atoms with Crippen molar-refractivity contribution in [2.75, 3.05) is 4.90 Å². The predicted octanol–water partition coefficient (Wildman–Crippen LogP) is 15.2. The van der Waals surface area contributed by atoms with E-state index in [0.29, 0.717) is 0 Å². The normalized spacial score (nSPS) is 14.8. The monoisotopic (exact) mass is 803 g/mol. The Morgan fingerprint density at radius 2 is 0.823 bits per heavy atom. The first-order valence-corrected chi connectivity index (χ1v) is 22.1. The van der Waals surface area contributed by atoms with Crippen LogP contribution < -0.4 is 4.90 Å². The maximum Gasteiger partial charge on any atom is 0.125 e. The summed E-state index contributed by atoms with van der Waals surface area (Å²) in [6.07, 6.45) is 3.83. The van der Waals surface area contributed by atoms with Crippen LogP contribution in [0.3, 0.4) is 0 Å². The second-order valence-electron chi connectivity index (χ2n) is 20.3. The van der Waals surface area contributed by atoms with E-state index in [1.54, 1.807) is 0 Å². The SMILES string of the molecule is Cc1ncc(-c2ccc(N(c3ccc4c(c3)C(C)(C)c3ccccc3-4)c3ccc4c(c3)C3(c5ccccc5-4)c4cc(C(C)(C)C)ccc4-c4ccc(C(C)(C)C)cc43)cc2)cn1. The molecule has 3 aliphatic carbocycles. The number of fused-ring (bicyclic) bond motifs is 13. The molecule has 0 saturated heterocycles. The molecule has 3 nitrogen and oxygen atoms in total. The summed E-state index contributed by atoms with van der Waals surface area (Å²) in [5.74, 6) is 0.770. The van der Waals surface area contributed by atoms with Crippen LogP contribution in [0, 0.1) is 6.92 Å². The lowest BCUT2D eigenvalue weighted by molar-refractivity contribution is 0.586. The van der Waals surface area contributed by atoms with Gasteiger partial charge in [0.05, 0.1) is 5.41 Å². The van der Waals surface area contributed by atoms with Crippen LogP contribution in [-0.2, 0) is 21.7 Å². The molecule has 3 aliphatic rings. The van der Waals surface area contributed by atoms with Crippen molar-refractivity contribution in [3.05, 3.63) is 208 Å². The summed E-state index contributed by atoms with van der Waals surface area (Å²) < 4.78 is 0. The number of aromatic nitrogens is 2. The molecule has 3 heteroatoms. The van der Waals surface area contributed by atoms with Crippen LogP contribution in [-0.4, -0.2) is 9.97 Å². The average molecular weight is 804 g/mol. The van der Waals surface area contributed by atoms with Gasteiger partial charge < -0.3 is 4.90 Å². The summed E-state index contributed by atoms with van der Waals surface area (Å²) in [7, 11) is 0. The molecule has 304 valence electrons. The number of aryl methyl sites for hydroxylation is 1. The molecule has 1 spiro atoms. The quantitative estimate of drug-likeness (QED) is 0.177. The Labute approximate surface area is 367 Å². The molecule has 0 aliphatic heterocycles. The number of hydrogen-bond donors (Lipinski definition) is 0. The van der Waals surface area contributed by atoms with E-state index in [1.165, 1.54) is 77.9 Å². The fraction of sp³-hybridized carbons (Fsp3) is 0.220. The smallest absolute Gasteiger partial charge is 0.125 e. The summed E-state index contributed by atoms with van der Waals surface area (Å²) in [6, 6.07) is 56.0. The molecular formula is C59H53N3. The fourth-order valence-corrected chi connectivity index (χ4v) is 10.9. The Bertz CT molecular complexity index is 3050. The molecule has 11 rings (SSSR count). The van der Waals surface area contributed by atoms with E-state index in [2.05, 4.69) is 216 Å². The number of benzene rings is 7. The third kappa shape index (κ3) is 5.50. The molecule has 62 heavy (non-hydrogen) atoms. The molecule has 0 bridgehead atoms.